The molecule has 98 valence electrons. The minimum Gasteiger partial charge on any atom is -0.504 e. The van der Waals surface area contributed by atoms with E-state index in [1.165, 1.54) is 0 Å². The molecule has 0 radical (unpaired) electrons. The van der Waals surface area contributed by atoms with Gasteiger partial charge in [-0.2, -0.15) is 0 Å². The molecular formula is C10H20N2O4Si. The van der Waals surface area contributed by atoms with Crippen molar-refractivity contribution < 1.29 is 18.8 Å². The van der Waals surface area contributed by atoms with Crippen LogP contribution in [-0.4, -0.2) is 26.8 Å². The zero-order valence-electron chi connectivity index (χ0n) is 11.0. The van der Waals surface area contributed by atoms with Gasteiger partial charge in [-0.3, -0.25) is 0 Å². The average Bonchev–Trinajstić information content (AvgIpc) is 2.20. The lowest BCUT2D eigenvalue weighted by Gasteiger charge is -2.16. The van der Waals surface area contributed by atoms with Crippen molar-refractivity contribution in [2.45, 2.75) is 52.3 Å². The SMILES string of the molecule is CC[SiH](CC)OC(=O)N=NC(=O)OC(C)(C)C. The quantitative estimate of drug-likeness (QED) is 0.576. The van der Waals surface area contributed by atoms with Gasteiger partial charge in [0.1, 0.15) is 5.60 Å². The zero-order valence-corrected chi connectivity index (χ0v) is 12.2. The van der Waals surface area contributed by atoms with E-state index >= 15 is 0 Å². The minimum atomic E-state index is -1.51. The molecule has 0 aromatic carbocycles. The monoisotopic (exact) mass is 260 g/mol. The van der Waals surface area contributed by atoms with Crippen molar-refractivity contribution in [2.75, 3.05) is 0 Å². The Morgan fingerprint density at radius 3 is 1.94 bits per heavy atom. The van der Waals surface area contributed by atoms with E-state index in [0.29, 0.717) is 0 Å². The predicted molar refractivity (Wildman–Crippen MR) is 65.7 cm³/mol. The Hall–Kier alpha value is -1.24. The molecule has 0 aliphatic rings. The molecule has 0 N–H and O–H groups in total. The third-order valence-electron chi connectivity index (χ3n) is 1.78. The maximum absolute atomic E-state index is 11.2. The van der Waals surface area contributed by atoms with Gasteiger partial charge in [0, 0.05) is 0 Å². The van der Waals surface area contributed by atoms with Crippen molar-refractivity contribution >= 4 is 21.2 Å². The van der Waals surface area contributed by atoms with Crippen LogP contribution in [0.25, 0.3) is 0 Å². The highest BCUT2D eigenvalue weighted by Crippen LogP contribution is 2.08. The molecule has 0 spiro atoms. The smallest absolute Gasteiger partial charge is 0.453 e. The molecule has 2 amide bonds. The Morgan fingerprint density at radius 2 is 1.53 bits per heavy atom. The number of rotatable bonds is 3. The van der Waals surface area contributed by atoms with Crippen molar-refractivity contribution in [3.05, 3.63) is 0 Å². The Labute approximate surface area is 103 Å². The number of hydrogen-bond donors (Lipinski definition) is 0. The molecule has 0 aromatic heterocycles. The maximum Gasteiger partial charge on any atom is 0.453 e. The van der Waals surface area contributed by atoms with Gasteiger partial charge in [-0.05, 0) is 32.9 Å². The lowest BCUT2D eigenvalue weighted by molar-refractivity contribution is 0.0589. The first-order valence-corrected chi connectivity index (χ1v) is 7.74. The highest BCUT2D eigenvalue weighted by atomic mass is 28.3. The lowest BCUT2D eigenvalue weighted by Crippen LogP contribution is -2.22. The summed E-state index contributed by atoms with van der Waals surface area (Å²) in [5.74, 6) is 0. The largest absolute Gasteiger partial charge is 0.504 e. The van der Waals surface area contributed by atoms with E-state index in [4.69, 9.17) is 9.16 Å². The van der Waals surface area contributed by atoms with Gasteiger partial charge in [0.2, 0.25) is 9.04 Å². The molecule has 0 atom stereocenters. The van der Waals surface area contributed by atoms with Crippen LogP contribution in [0.3, 0.4) is 0 Å². The van der Waals surface area contributed by atoms with Crippen LogP contribution >= 0.6 is 0 Å². The first-order valence-electron chi connectivity index (χ1n) is 5.63. The van der Waals surface area contributed by atoms with Crippen LogP contribution in [0.4, 0.5) is 9.59 Å². The van der Waals surface area contributed by atoms with Gasteiger partial charge in [0.25, 0.3) is 0 Å². The Kier molecular flexibility index (Phi) is 6.63. The van der Waals surface area contributed by atoms with Crippen LogP contribution in [0.1, 0.15) is 34.6 Å². The first kappa shape index (κ1) is 15.8. The molecule has 0 saturated heterocycles. The zero-order chi connectivity index (χ0) is 13.5. The highest BCUT2D eigenvalue weighted by Gasteiger charge is 2.17. The van der Waals surface area contributed by atoms with E-state index in [1.54, 1.807) is 20.8 Å². The van der Waals surface area contributed by atoms with Gasteiger partial charge in [-0.15, -0.1) is 0 Å². The summed E-state index contributed by atoms with van der Waals surface area (Å²) >= 11 is 0. The fraction of sp³-hybridized carbons (Fsp3) is 0.800. The Morgan fingerprint density at radius 1 is 1.06 bits per heavy atom. The molecule has 0 saturated carbocycles. The summed E-state index contributed by atoms with van der Waals surface area (Å²) < 4.78 is 9.91. The number of carbonyl (C=O) groups excluding carboxylic acids is 2. The van der Waals surface area contributed by atoms with E-state index in [2.05, 4.69) is 10.2 Å². The predicted octanol–water partition coefficient (Wildman–Crippen LogP) is 3.27. The van der Waals surface area contributed by atoms with Gasteiger partial charge in [0.05, 0.1) is 0 Å². The van der Waals surface area contributed by atoms with Crippen molar-refractivity contribution in [1.29, 1.82) is 0 Å². The minimum absolute atomic E-state index is 0.649. The number of nitrogens with zero attached hydrogens (tertiary/aromatic N) is 2. The average molecular weight is 260 g/mol. The van der Waals surface area contributed by atoms with Gasteiger partial charge >= 0.3 is 12.2 Å². The fourth-order valence-corrected chi connectivity index (χ4v) is 2.23. The van der Waals surface area contributed by atoms with Crippen LogP contribution < -0.4 is 0 Å². The summed E-state index contributed by atoms with van der Waals surface area (Å²) in [6.07, 6.45) is -1.70. The summed E-state index contributed by atoms with van der Waals surface area (Å²) in [5, 5.41) is 6.31. The first-order chi connectivity index (χ1) is 7.78. The second kappa shape index (κ2) is 7.15. The molecule has 7 heteroatoms. The Bertz CT molecular complexity index is 295. The molecule has 0 heterocycles. The Balaban J connectivity index is 4.15. The normalized spacial score (nSPS) is 11.9. The molecule has 0 aliphatic heterocycles. The molecule has 17 heavy (non-hydrogen) atoms. The number of amides is 2. The second-order valence-corrected chi connectivity index (χ2v) is 7.62. The third-order valence-corrected chi connectivity index (χ3v) is 4.14. The summed E-state index contributed by atoms with van der Waals surface area (Å²) in [6.45, 7) is 9.03. The summed E-state index contributed by atoms with van der Waals surface area (Å²) in [7, 11) is -1.51. The summed E-state index contributed by atoms with van der Waals surface area (Å²) in [5.41, 5.74) is -0.649. The molecule has 6 nitrogen and oxygen atoms in total. The van der Waals surface area contributed by atoms with Crippen molar-refractivity contribution in [2.24, 2.45) is 10.2 Å². The topological polar surface area (TPSA) is 77.3 Å². The molecule has 0 fully saturated rings. The fourth-order valence-electron chi connectivity index (χ4n) is 0.985. The van der Waals surface area contributed by atoms with E-state index < -0.39 is 26.8 Å². The van der Waals surface area contributed by atoms with Crippen LogP contribution in [0.2, 0.25) is 12.1 Å². The number of ether oxygens (including phenoxy) is 1. The van der Waals surface area contributed by atoms with E-state index in [-0.39, 0.29) is 0 Å². The van der Waals surface area contributed by atoms with Crippen molar-refractivity contribution in [3.8, 4) is 0 Å². The maximum atomic E-state index is 11.2. The van der Waals surface area contributed by atoms with Crippen LogP contribution in [-0.2, 0) is 9.16 Å². The third kappa shape index (κ3) is 8.55. The second-order valence-electron chi connectivity index (χ2n) is 4.50. The van der Waals surface area contributed by atoms with Gasteiger partial charge < -0.3 is 9.16 Å². The standard InChI is InChI=1S/C10H20N2O4Si/c1-6-17(7-2)16-9(14)12-11-8(13)15-10(3,4)5/h17H,6-7H2,1-5H3. The van der Waals surface area contributed by atoms with E-state index in [0.717, 1.165) is 12.1 Å². The van der Waals surface area contributed by atoms with Gasteiger partial charge in [0.15, 0.2) is 0 Å². The van der Waals surface area contributed by atoms with Crippen LogP contribution in [0.5, 0.6) is 0 Å². The lowest BCUT2D eigenvalue weighted by atomic mass is 10.2. The molecule has 0 unspecified atom stereocenters. The van der Waals surface area contributed by atoms with Crippen molar-refractivity contribution in [1.82, 2.24) is 0 Å². The van der Waals surface area contributed by atoms with Gasteiger partial charge in [-0.1, -0.05) is 24.1 Å². The summed E-state index contributed by atoms with van der Waals surface area (Å²) in [6, 6.07) is 1.67. The number of azo groups is 1. The van der Waals surface area contributed by atoms with Crippen LogP contribution in [0.15, 0.2) is 10.2 Å². The molecule has 0 aliphatic carbocycles. The van der Waals surface area contributed by atoms with E-state index in [1.807, 2.05) is 13.8 Å². The number of hydrogen-bond acceptors (Lipinski definition) is 4. The van der Waals surface area contributed by atoms with Crippen LogP contribution in [0, 0.1) is 0 Å². The number of carbonyl (C=O) groups is 2. The molecule has 0 aromatic rings. The summed E-state index contributed by atoms with van der Waals surface area (Å²) in [4.78, 5) is 22.3. The van der Waals surface area contributed by atoms with E-state index in [9.17, 15) is 9.59 Å². The molecule has 0 rings (SSSR count). The molecular weight excluding hydrogens is 240 g/mol. The van der Waals surface area contributed by atoms with Gasteiger partial charge in [-0.25, -0.2) is 9.59 Å². The highest BCUT2D eigenvalue weighted by molar-refractivity contribution is 6.53. The van der Waals surface area contributed by atoms with Crippen molar-refractivity contribution in [3.63, 3.8) is 0 Å². The molecule has 0 bridgehead atoms.